The van der Waals surface area contributed by atoms with Crippen molar-refractivity contribution in [3.05, 3.63) is 41.5 Å². The summed E-state index contributed by atoms with van der Waals surface area (Å²) < 4.78 is 4.57. The average molecular weight is 247 g/mol. The molecule has 0 aliphatic heterocycles. The largest absolute Gasteiger partial charge is 0.345 e. The van der Waals surface area contributed by atoms with Gasteiger partial charge in [-0.25, -0.2) is 0 Å². The number of rotatable bonds is 4. The summed E-state index contributed by atoms with van der Waals surface area (Å²) in [5, 5.41) is 6.31. The fourth-order valence-corrected chi connectivity index (χ4v) is 1.53. The zero-order valence-electron chi connectivity index (χ0n) is 9.80. The maximum absolute atomic E-state index is 11.9. The van der Waals surface area contributed by atoms with Crippen molar-refractivity contribution in [2.24, 2.45) is 5.84 Å². The predicted octanol–water partition coefficient (Wildman–Crippen LogP) is 0.594. The Hall–Kier alpha value is -2.41. The Labute approximate surface area is 103 Å². The van der Waals surface area contributed by atoms with Crippen LogP contribution in [0.4, 0.5) is 5.69 Å². The molecule has 1 heterocycles. The minimum Gasteiger partial charge on any atom is -0.345 e. The van der Waals surface area contributed by atoms with Crippen LogP contribution >= 0.6 is 0 Å². The van der Waals surface area contributed by atoms with Crippen molar-refractivity contribution in [3.8, 4) is 0 Å². The molecule has 0 spiro atoms. The van der Waals surface area contributed by atoms with Gasteiger partial charge in [0.05, 0.1) is 6.54 Å². The summed E-state index contributed by atoms with van der Waals surface area (Å²) in [5.41, 5.74) is 4.69. The SMILES string of the molecule is Cc1cc(NN)ccc1C(=O)NCc1ncon1. The van der Waals surface area contributed by atoms with Crippen LogP contribution in [-0.4, -0.2) is 16.0 Å². The van der Waals surface area contributed by atoms with Gasteiger partial charge in [-0.1, -0.05) is 5.16 Å². The van der Waals surface area contributed by atoms with Gasteiger partial charge in [0.2, 0.25) is 6.39 Å². The van der Waals surface area contributed by atoms with E-state index < -0.39 is 0 Å². The summed E-state index contributed by atoms with van der Waals surface area (Å²) in [6.45, 7) is 2.07. The lowest BCUT2D eigenvalue weighted by molar-refractivity contribution is 0.0949. The topological polar surface area (TPSA) is 106 Å². The molecule has 0 fully saturated rings. The van der Waals surface area contributed by atoms with Crippen LogP contribution in [0.5, 0.6) is 0 Å². The number of nitrogen functional groups attached to an aromatic ring is 1. The molecule has 2 rings (SSSR count). The number of hydrazine groups is 1. The summed E-state index contributed by atoms with van der Waals surface area (Å²) in [4.78, 5) is 15.7. The first kappa shape index (κ1) is 12.1. The molecule has 18 heavy (non-hydrogen) atoms. The summed E-state index contributed by atoms with van der Waals surface area (Å²) >= 11 is 0. The number of hydrogen-bond acceptors (Lipinski definition) is 6. The third kappa shape index (κ3) is 2.64. The molecular weight excluding hydrogens is 234 g/mol. The van der Waals surface area contributed by atoms with Crippen molar-refractivity contribution < 1.29 is 9.32 Å². The Balaban J connectivity index is 2.04. The van der Waals surface area contributed by atoms with Gasteiger partial charge >= 0.3 is 0 Å². The van der Waals surface area contributed by atoms with E-state index in [1.807, 2.05) is 6.92 Å². The van der Waals surface area contributed by atoms with Crippen LogP contribution in [0, 0.1) is 6.92 Å². The summed E-state index contributed by atoms with van der Waals surface area (Å²) in [5.74, 6) is 5.53. The monoisotopic (exact) mass is 247 g/mol. The van der Waals surface area contributed by atoms with Crippen molar-refractivity contribution in [1.29, 1.82) is 0 Å². The molecule has 4 N–H and O–H groups in total. The molecule has 1 aromatic heterocycles. The molecule has 1 amide bonds. The first-order valence-electron chi connectivity index (χ1n) is 5.31. The molecule has 0 bridgehead atoms. The fraction of sp³-hybridized carbons (Fsp3) is 0.182. The number of aryl methyl sites for hydroxylation is 1. The van der Waals surface area contributed by atoms with Gasteiger partial charge < -0.3 is 15.3 Å². The zero-order valence-corrected chi connectivity index (χ0v) is 9.80. The van der Waals surface area contributed by atoms with E-state index in [1.54, 1.807) is 18.2 Å². The Morgan fingerprint density at radius 2 is 2.33 bits per heavy atom. The van der Waals surface area contributed by atoms with Crippen molar-refractivity contribution in [3.63, 3.8) is 0 Å². The van der Waals surface area contributed by atoms with Crippen LogP contribution < -0.4 is 16.6 Å². The third-order valence-electron chi connectivity index (χ3n) is 2.45. The molecule has 0 saturated carbocycles. The lowest BCUT2D eigenvalue weighted by atomic mass is 10.1. The first-order chi connectivity index (χ1) is 8.70. The van der Waals surface area contributed by atoms with Gasteiger partial charge in [-0.05, 0) is 30.7 Å². The second-order valence-electron chi connectivity index (χ2n) is 3.70. The van der Waals surface area contributed by atoms with Crippen molar-refractivity contribution in [2.45, 2.75) is 13.5 Å². The van der Waals surface area contributed by atoms with Crippen molar-refractivity contribution >= 4 is 11.6 Å². The summed E-state index contributed by atoms with van der Waals surface area (Å²) in [6.07, 6.45) is 1.22. The molecule has 0 atom stereocenters. The third-order valence-corrected chi connectivity index (χ3v) is 2.45. The highest BCUT2D eigenvalue weighted by Crippen LogP contribution is 2.14. The fourth-order valence-electron chi connectivity index (χ4n) is 1.53. The summed E-state index contributed by atoms with van der Waals surface area (Å²) in [7, 11) is 0. The number of anilines is 1. The number of carbonyl (C=O) groups is 1. The van der Waals surface area contributed by atoms with E-state index in [4.69, 9.17) is 5.84 Å². The molecule has 0 saturated heterocycles. The normalized spacial score (nSPS) is 10.1. The minimum absolute atomic E-state index is 0.194. The van der Waals surface area contributed by atoms with Gasteiger partial charge in [0, 0.05) is 11.3 Å². The van der Waals surface area contributed by atoms with E-state index in [0.717, 1.165) is 11.3 Å². The molecule has 0 unspecified atom stereocenters. The molecule has 7 nitrogen and oxygen atoms in total. The van der Waals surface area contributed by atoms with Gasteiger partial charge in [0.1, 0.15) is 0 Å². The van der Waals surface area contributed by atoms with Crippen LogP contribution in [0.2, 0.25) is 0 Å². The number of nitrogens with zero attached hydrogens (tertiary/aromatic N) is 2. The number of nitrogens with two attached hydrogens (primary N) is 1. The molecule has 1 aromatic carbocycles. The minimum atomic E-state index is -0.194. The Morgan fingerprint density at radius 1 is 1.50 bits per heavy atom. The maximum Gasteiger partial charge on any atom is 0.251 e. The number of aromatic nitrogens is 2. The smallest absolute Gasteiger partial charge is 0.251 e. The number of benzene rings is 1. The van der Waals surface area contributed by atoms with Crippen LogP contribution in [-0.2, 0) is 6.54 Å². The molecule has 7 heteroatoms. The van der Waals surface area contributed by atoms with E-state index in [1.165, 1.54) is 6.39 Å². The number of nitrogens with one attached hydrogen (secondary N) is 2. The van der Waals surface area contributed by atoms with E-state index in [0.29, 0.717) is 11.4 Å². The van der Waals surface area contributed by atoms with Gasteiger partial charge in [-0.15, -0.1) is 0 Å². The quantitative estimate of drug-likeness (QED) is 0.539. The zero-order chi connectivity index (χ0) is 13.0. The standard InChI is InChI=1S/C11H13N5O2/c1-7-4-8(15-12)2-3-9(7)11(17)13-5-10-14-6-18-16-10/h2-4,6,15H,5,12H2,1H3,(H,13,17). The molecular formula is C11H13N5O2. The summed E-state index contributed by atoms with van der Waals surface area (Å²) in [6, 6.07) is 5.23. The molecule has 2 aromatic rings. The highest BCUT2D eigenvalue weighted by Gasteiger charge is 2.10. The van der Waals surface area contributed by atoms with Crippen LogP contribution in [0.25, 0.3) is 0 Å². The van der Waals surface area contributed by atoms with E-state index >= 15 is 0 Å². The Kier molecular flexibility index (Phi) is 3.54. The van der Waals surface area contributed by atoms with Gasteiger partial charge in [-0.2, -0.15) is 4.98 Å². The second-order valence-corrected chi connectivity index (χ2v) is 3.70. The van der Waals surface area contributed by atoms with E-state index in [9.17, 15) is 4.79 Å². The number of amides is 1. The van der Waals surface area contributed by atoms with Crippen molar-refractivity contribution in [1.82, 2.24) is 15.5 Å². The predicted molar refractivity (Wildman–Crippen MR) is 64.5 cm³/mol. The highest BCUT2D eigenvalue weighted by atomic mass is 16.5. The lowest BCUT2D eigenvalue weighted by Crippen LogP contribution is -2.24. The van der Waals surface area contributed by atoms with Gasteiger partial charge in [-0.3, -0.25) is 10.6 Å². The van der Waals surface area contributed by atoms with E-state index in [-0.39, 0.29) is 12.5 Å². The van der Waals surface area contributed by atoms with Crippen molar-refractivity contribution in [2.75, 3.05) is 5.43 Å². The Bertz CT molecular complexity index is 538. The Morgan fingerprint density at radius 3 is 2.94 bits per heavy atom. The van der Waals surface area contributed by atoms with Gasteiger partial charge in [0.15, 0.2) is 5.82 Å². The average Bonchev–Trinajstić information content (AvgIpc) is 2.88. The molecule has 0 aliphatic rings. The van der Waals surface area contributed by atoms with Crippen LogP contribution in [0.15, 0.2) is 29.1 Å². The molecule has 94 valence electrons. The van der Waals surface area contributed by atoms with Crippen LogP contribution in [0.1, 0.15) is 21.7 Å². The molecule has 0 radical (unpaired) electrons. The second kappa shape index (κ2) is 5.28. The van der Waals surface area contributed by atoms with Gasteiger partial charge in [0.25, 0.3) is 5.91 Å². The number of hydrogen-bond donors (Lipinski definition) is 3. The first-order valence-corrected chi connectivity index (χ1v) is 5.31. The van der Waals surface area contributed by atoms with E-state index in [2.05, 4.69) is 25.4 Å². The van der Waals surface area contributed by atoms with Crippen LogP contribution in [0.3, 0.4) is 0 Å². The number of carbonyl (C=O) groups excluding carboxylic acids is 1. The maximum atomic E-state index is 11.9. The molecule has 0 aliphatic carbocycles. The highest BCUT2D eigenvalue weighted by molar-refractivity contribution is 5.95. The lowest BCUT2D eigenvalue weighted by Gasteiger charge is -2.08.